The van der Waals surface area contributed by atoms with Gasteiger partial charge in [-0.05, 0) is 24.6 Å². The van der Waals surface area contributed by atoms with Crippen LogP contribution >= 0.6 is 0 Å². The Morgan fingerprint density at radius 3 is 2.62 bits per heavy atom. The van der Waals surface area contributed by atoms with Gasteiger partial charge in [-0.3, -0.25) is 14.6 Å². The van der Waals surface area contributed by atoms with Crippen molar-refractivity contribution in [2.45, 2.75) is 38.0 Å². The molecule has 0 bridgehead atoms. The zero-order chi connectivity index (χ0) is 18.1. The Morgan fingerprint density at radius 1 is 1.23 bits per heavy atom. The first-order valence-corrected chi connectivity index (χ1v) is 9.55. The van der Waals surface area contributed by atoms with Gasteiger partial charge in [0.15, 0.2) is 0 Å². The van der Waals surface area contributed by atoms with Crippen LogP contribution < -0.4 is 0 Å². The van der Waals surface area contributed by atoms with Crippen molar-refractivity contribution in [2.24, 2.45) is 0 Å². The van der Waals surface area contributed by atoms with E-state index in [9.17, 15) is 4.79 Å². The molecule has 3 aliphatic heterocycles. The van der Waals surface area contributed by atoms with Crippen molar-refractivity contribution in [3.63, 3.8) is 0 Å². The van der Waals surface area contributed by atoms with Crippen molar-refractivity contribution in [3.8, 4) is 6.07 Å². The van der Waals surface area contributed by atoms with Gasteiger partial charge in [0.25, 0.3) is 0 Å². The number of rotatable bonds is 3. The largest absolute Gasteiger partial charge is 0.381 e. The molecule has 1 aromatic carbocycles. The third-order valence-electron chi connectivity index (χ3n) is 6.15. The molecule has 0 unspecified atom stereocenters. The van der Waals surface area contributed by atoms with Crippen molar-refractivity contribution >= 4 is 5.91 Å². The van der Waals surface area contributed by atoms with Gasteiger partial charge < -0.3 is 9.64 Å². The smallest absolute Gasteiger partial charge is 0.242 e. The van der Waals surface area contributed by atoms with Crippen molar-refractivity contribution in [3.05, 3.63) is 35.4 Å². The normalized spacial score (nSPS) is 26.1. The topological polar surface area (TPSA) is 59.8 Å². The lowest BCUT2D eigenvalue weighted by molar-refractivity contribution is -0.135. The van der Waals surface area contributed by atoms with Crippen molar-refractivity contribution in [2.75, 3.05) is 39.4 Å². The average molecular weight is 354 g/mol. The van der Waals surface area contributed by atoms with Gasteiger partial charge in [-0.15, -0.1) is 0 Å². The first kappa shape index (κ1) is 17.5. The zero-order valence-corrected chi connectivity index (χ0v) is 15.4. The highest BCUT2D eigenvalue weighted by Gasteiger charge is 2.57. The van der Waals surface area contributed by atoms with Gasteiger partial charge in [-0.25, -0.2) is 0 Å². The lowest BCUT2D eigenvalue weighted by Crippen LogP contribution is -2.61. The number of piperazine rings is 1. The number of hydrogen-bond donors (Lipinski definition) is 0. The molecule has 3 heterocycles. The molecule has 6 nitrogen and oxygen atoms in total. The number of benzene rings is 1. The molecule has 0 radical (unpaired) electrons. The second-order valence-electron chi connectivity index (χ2n) is 7.43. The minimum Gasteiger partial charge on any atom is -0.381 e. The number of carbonyl (C=O) groups is 1. The summed E-state index contributed by atoms with van der Waals surface area (Å²) < 4.78 is 5.59. The summed E-state index contributed by atoms with van der Waals surface area (Å²) in [4.78, 5) is 20.0. The van der Waals surface area contributed by atoms with Gasteiger partial charge in [-0.1, -0.05) is 12.1 Å². The molecule has 0 aromatic heterocycles. The molecule has 1 atom stereocenters. The molecule has 3 aliphatic rings. The van der Waals surface area contributed by atoms with E-state index in [0.29, 0.717) is 5.56 Å². The van der Waals surface area contributed by atoms with Crippen LogP contribution in [0.4, 0.5) is 0 Å². The van der Waals surface area contributed by atoms with E-state index in [1.54, 1.807) is 0 Å². The van der Waals surface area contributed by atoms with Gasteiger partial charge in [0.05, 0.1) is 24.8 Å². The molecular weight excluding hydrogens is 328 g/mol. The van der Waals surface area contributed by atoms with Crippen LogP contribution in [0.15, 0.2) is 24.3 Å². The van der Waals surface area contributed by atoms with Crippen LogP contribution in [0.1, 0.15) is 30.9 Å². The number of likely N-dealkylation sites (N-methyl/N-ethyl adjacent to an activating group) is 1. The first-order chi connectivity index (χ1) is 12.7. The monoisotopic (exact) mass is 354 g/mol. The van der Waals surface area contributed by atoms with E-state index in [0.717, 1.165) is 58.8 Å². The molecule has 26 heavy (non-hydrogen) atoms. The third-order valence-corrected chi connectivity index (χ3v) is 6.15. The number of nitriles is 1. The van der Waals surface area contributed by atoms with E-state index in [2.05, 4.69) is 27.7 Å². The quantitative estimate of drug-likeness (QED) is 0.821. The Hall–Kier alpha value is -1.94. The average Bonchev–Trinajstić information content (AvgIpc) is 2.90. The standard InChI is InChI=1S/C20H26N4O2/c1-2-23-19(25)18-15-22(14-17-5-3-16(13-21)4-6-17)9-10-24(18)20(23)7-11-26-12-8-20/h3-6,18H,2,7-12,14-15H2,1H3/t18-/m1/s1. The van der Waals surface area contributed by atoms with Crippen molar-refractivity contribution in [1.82, 2.24) is 14.7 Å². The highest BCUT2D eigenvalue weighted by atomic mass is 16.5. The number of ether oxygens (including phenoxy) is 1. The van der Waals surface area contributed by atoms with E-state index in [-0.39, 0.29) is 17.6 Å². The Morgan fingerprint density at radius 2 is 1.96 bits per heavy atom. The summed E-state index contributed by atoms with van der Waals surface area (Å²) in [6.45, 7) is 7.81. The molecule has 4 rings (SSSR count). The lowest BCUT2D eigenvalue weighted by Gasteiger charge is -2.48. The fourth-order valence-corrected chi connectivity index (χ4v) is 4.88. The molecule has 3 fully saturated rings. The minimum absolute atomic E-state index is 0.0415. The fraction of sp³-hybridized carbons (Fsp3) is 0.600. The Balaban J connectivity index is 1.49. The van der Waals surface area contributed by atoms with E-state index < -0.39 is 0 Å². The van der Waals surface area contributed by atoms with E-state index in [1.807, 2.05) is 24.3 Å². The predicted molar refractivity (Wildman–Crippen MR) is 97.1 cm³/mol. The lowest BCUT2D eigenvalue weighted by atomic mass is 9.96. The van der Waals surface area contributed by atoms with E-state index in [1.165, 1.54) is 5.56 Å². The van der Waals surface area contributed by atoms with Crippen LogP contribution in [0.5, 0.6) is 0 Å². The molecule has 1 aromatic rings. The minimum atomic E-state index is -0.130. The van der Waals surface area contributed by atoms with E-state index in [4.69, 9.17) is 10.00 Å². The van der Waals surface area contributed by atoms with Gasteiger partial charge in [0.2, 0.25) is 5.91 Å². The molecule has 0 N–H and O–H groups in total. The van der Waals surface area contributed by atoms with Crippen LogP contribution in [0.2, 0.25) is 0 Å². The fourth-order valence-electron chi connectivity index (χ4n) is 4.88. The molecule has 0 aliphatic carbocycles. The van der Waals surface area contributed by atoms with Crippen LogP contribution in [-0.2, 0) is 16.1 Å². The Labute approximate surface area is 154 Å². The van der Waals surface area contributed by atoms with Gasteiger partial charge in [-0.2, -0.15) is 5.26 Å². The maximum Gasteiger partial charge on any atom is 0.242 e. The SMILES string of the molecule is CCN1C(=O)[C@H]2CN(Cc3ccc(C#N)cc3)CCN2C12CCOCC2. The molecule has 138 valence electrons. The number of fused-ring (bicyclic) bond motifs is 2. The van der Waals surface area contributed by atoms with Crippen molar-refractivity contribution in [1.29, 1.82) is 5.26 Å². The van der Waals surface area contributed by atoms with Gasteiger partial charge >= 0.3 is 0 Å². The summed E-state index contributed by atoms with van der Waals surface area (Å²) in [7, 11) is 0. The number of amides is 1. The Bertz CT molecular complexity index is 706. The molecule has 3 saturated heterocycles. The number of nitrogens with zero attached hydrogens (tertiary/aromatic N) is 4. The van der Waals surface area contributed by atoms with Gasteiger partial charge in [0.1, 0.15) is 11.7 Å². The van der Waals surface area contributed by atoms with Crippen LogP contribution in [0.25, 0.3) is 0 Å². The highest BCUT2D eigenvalue weighted by Crippen LogP contribution is 2.41. The molecule has 6 heteroatoms. The summed E-state index contributed by atoms with van der Waals surface area (Å²) in [5.41, 5.74) is 1.75. The van der Waals surface area contributed by atoms with Crippen molar-refractivity contribution < 1.29 is 9.53 Å². The maximum absolute atomic E-state index is 13.1. The molecular formula is C20H26N4O2. The molecule has 0 saturated carbocycles. The predicted octanol–water partition coefficient (Wildman–Crippen LogP) is 1.41. The third kappa shape index (κ3) is 2.81. The highest BCUT2D eigenvalue weighted by molar-refractivity contribution is 5.85. The van der Waals surface area contributed by atoms with Crippen LogP contribution in [0, 0.1) is 11.3 Å². The van der Waals surface area contributed by atoms with E-state index >= 15 is 0 Å². The summed E-state index contributed by atoms with van der Waals surface area (Å²) in [6, 6.07) is 9.87. The second-order valence-corrected chi connectivity index (χ2v) is 7.43. The van der Waals surface area contributed by atoms with Gasteiger partial charge in [0, 0.05) is 45.6 Å². The molecule has 1 amide bonds. The first-order valence-electron chi connectivity index (χ1n) is 9.55. The summed E-state index contributed by atoms with van der Waals surface area (Å²) >= 11 is 0. The van der Waals surface area contributed by atoms with Crippen LogP contribution in [-0.4, -0.2) is 71.7 Å². The number of hydrogen-bond acceptors (Lipinski definition) is 5. The van der Waals surface area contributed by atoms with Crippen LogP contribution in [0.3, 0.4) is 0 Å². The Kier molecular flexibility index (Phi) is 4.70. The second kappa shape index (κ2) is 6.99. The summed E-state index contributed by atoms with van der Waals surface area (Å²) in [6.07, 6.45) is 1.83. The number of carbonyl (C=O) groups excluding carboxylic acids is 1. The maximum atomic E-state index is 13.1. The summed E-state index contributed by atoms with van der Waals surface area (Å²) in [5, 5.41) is 8.93. The molecule has 1 spiro atoms. The zero-order valence-electron chi connectivity index (χ0n) is 15.4. The summed E-state index contributed by atoms with van der Waals surface area (Å²) in [5.74, 6) is 0.277.